The second-order valence-electron chi connectivity index (χ2n) is 4.00. The van der Waals surface area contributed by atoms with Gasteiger partial charge in [-0.3, -0.25) is 4.79 Å². The zero-order chi connectivity index (χ0) is 13.1. The van der Waals surface area contributed by atoms with Crippen LogP contribution in [-0.2, 0) is 6.54 Å². The van der Waals surface area contributed by atoms with Gasteiger partial charge in [-0.25, -0.2) is 8.78 Å². The summed E-state index contributed by atoms with van der Waals surface area (Å²) >= 11 is 0. The van der Waals surface area contributed by atoms with Gasteiger partial charge in [-0.2, -0.15) is 0 Å². The van der Waals surface area contributed by atoms with Crippen LogP contribution in [0.15, 0.2) is 47.5 Å². The summed E-state index contributed by atoms with van der Waals surface area (Å²) in [5.41, 5.74) is 5.83. The van der Waals surface area contributed by atoms with Crippen molar-refractivity contribution >= 4 is 0 Å². The molecule has 0 aliphatic carbocycles. The lowest BCUT2D eigenvalue weighted by Crippen LogP contribution is -2.19. The molecule has 0 aliphatic heterocycles. The number of pyridine rings is 1. The van der Waals surface area contributed by atoms with Crippen LogP contribution in [0.2, 0.25) is 0 Å². The van der Waals surface area contributed by atoms with E-state index in [4.69, 9.17) is 5.73 Å². The Bertz CT molecular complexity index is 590. The van der Waals surface area contributed by atoms with E-state index in [-0.39, 0.29) is 17.5 Å². The lowest BCUT2D eigenvalue weighted by atomic mass is 10.1. The summed E-state index contributed by atoms with van der Waals surface area (Å²) in [7, 11) is 0. The molecule has 0 fully saturated rings. The van der Waals surface area contributed by atoms with Crippen LogP contribution < -0.4 is 11.2 Å². The van der Waals surface area contributed by atoms with E-state index in [0.29, 0.717) is 0 Å². The number of hydrogen-bond donors (Lipinski definition) is 1. The molecule has 2 N–H and O–H groups in total. The minimum absolute atomic E-state index is 0.114. The maximum Gasteiger partial charge on any atom is 0.181 e. The average molecular weight is 250 g/mol. The van der Waals surface area contributed by atoms with Crippen LogP contribution in [-0.4, -0.2) is 4.57 Å². The van der Waals surface area contributed by atoms with Crippen molar-refractivity contribution in [3.63, 3.8) is 0 Å². The Balaban J connectivity index is 2.21. The first-order valence-electron chi connectivity index (χ1n) is 5.43. The zero-order valence-electron chi connectivity index (χ0n) is 9.51. The minimum Gasteiger partial charge on any atom is -0.352 e. The number of nitrogens with two attached hydrogens (primary N) is 1. The van der Waals surface area contributed by atoms with Gasteiger partial charge >= 0.3 is 0 Å². The van der Waals surface area contributed by atoms with E-state index in [1.165, 1.54) is 12.1 Å². The predicted octanol–water partition coefficient (Wildman–Crippen LogP) is 1.83. The SMILES string of the molecule is NC(Cn1ccc(=O)cc1)c1cc(F)ccc1F. The van der Waals surface area contributed by atoms with Gasteiger partial charge < -0.3 is 10.3 Å². The first-order valence-corrected chi connectivity index (χ1v) is 5.43. The molecule has 1 heterocycles. The Morgan fingerprint density at radius 3 is 2.50 bits per heavy atom. The Kier molecular flexibility index (Phi) is 3.53. The molecule has 1 aromatic heterocycles. The van der Waals surface area contributed by atoms with E-state index < -0.39 is 17.7 Å². The van der Waals surface area contributed by atoms with Gasteiger partial charge in [0, 0.05) is 36.6 Å². The number of rotatable bonds is 3. The maximum atomic E-state index is 13.5. The summed E-state index contributed by atoms with van der Waals surface area (Å²) in [5.74, 6) is -1.06. The second kappa shape index (κ2) is 5.10. The van der Waals surface area contributed by atoms with E-state index >= 15 is 0 Å². The van der Waals surface area contributed by atoms with Gasteiger partial charge in [0.1, 0.15) is 11.6 Å². The average Bonchev–Trinajstić information content (AvgIpc) is 2.35. The van der Waals surface area contributed by atoms with Crippen molar-refractivity contribution in [1.82, 2.24) is 4.57 Å². The molecule has 94 valence electrons. The van der Waals surface area contributed by atoms with Gasteiger partial charge in [0.15, 0.2) is 5.43 Å². The van der Waals surface area contributed by atoms with Crippen molar-refractivity contribution in [3.8, 4) is 0 Å². The number of aromatic nitrogens is 1. The predicted molar refractivity (Wildman–Crippen MR) is 64.0 cm³/mol. The molecule has 1 atom stereocenters. The largest absolute Gasteiger partial charge is 0.352 e. The first-order chi connectivity index (χ1) is 8.56. The van der Waals surface area contributed by atoms with Crippen molar-refractivity contribution < 1.29 is 8.78 Å². The lowest BCUT2D eigenvalue weighted by Gasteiger charge is -2.15. The third-order valence-electron chi connectivity index (χ3n) is 2.63. The molecule has 18 heavy (non-hydrogen) atoms. The van der Waals surface area contributed by atoms with Crippen LogP contribution in [0.25, 0.3) is 0 Å². The molecule has 0 saturated heterocycles. The smallest absolute Gasteiger partial charge is 0.181 e. The highest BCUT2D eigenvalue weighted by atomic mass is 19.1. The molecule has 0 radical (unpaired) electrons. The van der Waals surface area contributed by atoms with Crippen LogP contribution in [0, 0.1) is 11.6 Å². The van der Waals surface area contributed by atoms with Crippen LogP contribution in [0.5, 0.6) is 0 Å². The zero-order valence-corrected chi connectivity index (χ0v) is 9.51. The van der Waals surface area contributed by atoms with E-state index in [2.05, 4.69) is 0 Å². The number of hydrogen-bond acceptors (Lipinski definition) is 2. The molecule has 2 rings (SSSR count). The molecule has 1 unspecified atom stereocenters. The molecular weight excluding hydrogens is 238 g/mol. The Labute approximate surface area is 102 Å². The fraction of sp³-hybridized carbons (Fsp3) is 0.154. The standard InChI is InChI=1S/C13H12F2N2O/c14-9-1-2-12(15)11(7-9)13(16)8-17-5-3-10(18)4-6-17/h1-7,13H,8,16H2. The molecule has 2 aromatic rings. The highest BCUT2D eigenvalue weighted by Gasteiger charge is 2.12. The van der Waals surface area contributed by atoms with Crippen molar-refractivity contribution in [3.05, 3.63) is 70.1 Å². The molecule has 0 saturated carbocycles. The molecule has 0 amide bonds. The van der Waals surface area contributed by atoms with Crippen molar-refractivity contribution in [2.24, 2.45) is 5.73 Å². The van der Waals surface area contributed by atoms with Crippen molar-refractivity contribution in [2.75, 3.05) is 0 Å². The molecule has 3 nitrogen and oxygen atoms in total. The minimum atomic E-state index is -0.678. The molecular formula is C13H12F2N2O. The third kappa shape index (κ3) is 2.81. The number of benzene rings is 1. The maximum absolute atomic E-state index is 13.5. The van der Waals surface area contributed by atoms with E-state index in [0.717, 1.165) is 18.2 Å². The summed E-state index contributed by atoms with van der Waals surface area (Å²) in [5, 5.41) is 0. The fourth-order valence-corrected chi connectivity index (χ4v) is 1.69. The van der Waals surface area contributed by atoms with E-state index in [1.807, 2.05) is 0 Å². The fourth-order valence-electron chi connectivity index (χ4n) is 1.69. The summed E-state index contributed by atoms with van der Waals surface area (Å²) < 4.78 is 28.2. The second-order valence-corrected chi connectivity index (χ2v) is 4.00. The van der Waals surface area contributed by atoms with Crippen LogP contribution in [0.4, 0.5) is 8.78 Å². The Morgan fingerprint density at radius 1 is 1.17 bits per heavy atom. The lowest BCUT2D eigenvalue weighted by molar-refractivity contribution is 0.521. The molecule has 0 bridgehead atoms. The highest BCUT2D eigenvalue weighted by Crippen LogP contribution is 2.17. The van der Waals surface area contributed by atoms with Gasteiger partial charge in [-0.15, -0.1) is 0 Å². The summed E-state index contributed by atoms with van der Waals surface area (Å²) in [6, 6.07) is 5.27. The molecule has 0 spiro atoms. The molecule has 5 heteroatoms. The number of halogens is 2. The molecule has 1 aromatic carbocycles. The van der Waals surface area contributed by atoms with Crippen LogP contribution >= 0.6 is 0 Å². The van der Waals surface area contributed by atoms with E-state index in [1.54, 1.807) is 17.0 Å². The van der Waals surface area contributed by atoms with Crippen LogP contribution in [0.3, 0.4) is 0 Å². The summed E-state index contributed by atoms with van der Waals surface area (Å²) in [4.78, 5) is 10.9. The van der Waals surface area contributed by atoms with Gasteiger partial charge in [-0.05, 0) is 18.2 Å². The molecule has 0 aliphatic rings. The van der Waals surface area contributed by atoms with Gasteiger partial charge in [0.25, 0.3) is 0 Å². The normalized spacial score (nSPS) is 12.4. The van der Waals surface area contributed by atoms with Gasteiger partial charge in [0.2, 0.25) is 0 Å². The summed E-state index contributed by atoms with van der Waals surface area (Å²) in [6.07, 6.45) is 3.11. The monoisotopic (exact) mass is 250 g/mol. The first kappa shape index (κ1) is 12.4. The van der Waals surface area contributed by atoms with Crippen LogP contribution in [0.1, 0.15) is 11.6 Å². The van der Waals surface area contributed by atoms with Crippen molar-refractivity contribution in [1.29, 1.82) is 0 Å². The van der Waals surface area contributed by atoms with Gasteiger partial charge in [0.05, 0.1) is 6.04 Å². The topological polar surface area (TPSA) is 48.0 Å². The summed E-state index contributed by atoms with van der Waals surface area (Å²) in [6.45, 7) is 0.265. The Hall–Kier alpha value is -2.01. The van der Waals surface area contributed by atoms with Gasteiger partial charge in [-0.1, -0.05) is 0 Å². The third-order valence-corrected chi connectivity index (χ3v) is 2.63. The van der Waals surface area contributed by atoms with Crippen molar-refractivity contribution in [2.45, 2.75) is 12.6 Å². The quantitative estimate of drug-likeness (QED) is 0.903. The van der Waals surface area contributed by atoms with E-state index in [9.17, 15) is 13.6 Å². The Morgan fingerprint density at radius 2 is 1.83 bits per heavy atom. The number of nitrogens with zero attached hydrogens (tertiary/aromatic N) is 1. The highest BCUT2D eigenvalue weighted by molar-refractivity contribution is 5.22.